The first kappa shape index (κ1) is 15.0. The summed E-state index contributed by atoms with van der Waals surface area (Å²) in [5.41, 5.74) is 0.548. The van der Waals surface area contributed by atoms with Crippen molar-refractivity contribution in [1.82, 2.24) is 0 Å². The number of hydrogen-bond donors (Lipinski definition) is 1. The molecule has 1 amide bonds. The molecule has 8 heteroatoms. The molecule has 0 fully saturated rings. The largest absolute Gasteiger partial charge is 0.311 e. The highest BCUT2D eigenvalue weighted by atomic mass is 35.5. The number of nitrogens with two attached hydrogens (primary N) is 1. The van der Waals surface area contributed by atoms with Crippen LogP contribution in [-0.2, 0) is 10.0 Å². The molecule has 0 spiro atoms. The van der Waals surface area contributed by atoms with E-state index in [2.05, 4.69) is 0 Å². The van der Waals surface area contributed by atoms with E-state index < -0.39 is 10.0 Å². The highest BCUT2D eigenvalue weighted by Gasteiger charge is 2.18. The fourth-order valence-electron chi connectivity index (χ4n) is 1.58. The Labute approximate surface area is 125 Å². The average molecular weight is 331 g/mol. The molecule has 0 bridgehead atoms. The molecule has 1 aromatic heterocycles. The summed E-state index contributed by atoms with van der Waals surface area (Å²) in [5, 5.41) is 7.14. The first-order valence-electron chi connectivity index (χ1n) is 5.44. The topological polar surface area (TPSA) is 80.5 Å². The van der Waals surface area contributed by atoms with Crippen LogP contribution in [0.2, 0.25) is 5.02 Å². The van der Waals surface area contributed by atoms with Crippen LogP contribution < -0.4 is 10.0 Å². The molecule has 0 aliphatic carbocycles. The molecule has 2 aromatic rings. The number of anilines is 1. The Morgan fingerprint density at radius 1 is 1.25 bits per heavy atom. The second-order valence-electron chi connectivity index (χ2n) is 4.00. The molecule has 0 atom stereocenters. The van der Waals surface area contributed by atoms with Gasteiger partial charge in [0.15, 0.2) is 0 Å². The number of nitrogens with zero attached hydrogens (tertiary/aromatic N) is 1. The molecule has 0 aliphatic heterocycles. The van der Waals surface area contributed by atoms with Crippen LogP contribution in [0.3, 0.4) is 0 Å². The molecule has 5 nitrogen and oxygen atoms in total. The highest BCUT2D eigenvalue weighted by molar-refractivity contribution is 7.89. The molecule has 0 saturated heterocycles. The van der Waals surface area contributed by atoms with Crippen molar-refractivity contribution >= 4 is 44.6 Å². The quantitative estimate of drug-likeness (QED) is 0.937. The molecular formula is C12H11ClN2O3S2. The molecule has 0 radical (unpaired) electrons. The van der Waals surface area contributed by atoms with Crippen molar-refractivity contribution in [1.29, 1.82) is 0 Å². The Morgan fingerprint density at radius 3 is 2.30 bits per heavy atom. The number of thiophene rings is 1. The Bertz CT molecular complexity index is 738. The lowest BCUT2D eigenvalue weighted by molar-refractivity contribution is 0.0997. The molecule has 20 heavy (non-hydrogen) atoms. The maximum absolute atomic E-state index is 12.2. The van der Waals surface area contributed by atoms with Gasteiger partial charge in [0.2, 0.25) is 10.0 Å². The number of amides is 1. The predicted molar refractivity (Wildman–Crippen MR) is 79.9 cm³/mol. The summed E-state index contributed by atoms with van der Waals surface area (Å²) in [5.74, 6) is -0.256. The van der Waals surface area contributed by atoms with Gasteiger partial charge in [0.25, 0.3) is 5.91 Å². The van der Waals surface area contributed by atoms with E-state index in [4.69, 9.17) is 16.7 Å². The van der Waals surface area contributed by atoms with Gasteiger partial charge in [-0.15, -0.1) is 11.3 Å². The summed E-state index contributed by atoms with van der Waals surface area (Å²) in [6, 6.07) is 7.38. The predicted octanol–water partition coefficient (Wildman–Crippen LogP) is 2.33. The molecule has 106 valence electrons. The minimum absolute atomic E-state index is 0.00347. The van der Waals surface area contributed by atoms with E-state index >= 15 is 0 Å². The van der Waals surface area contributed by atoms with Crippen molar-refractivity contribution in [2.75, 3.05) is 11.9 Å². The number of benzene rings is 1. The monoisotopic (exact) mass is 330 g/mol. The third-order valence-corrected chi connectivity index (χ3v) is 4.93. The summed E-state index contributed by atoms with van der Waals surface area (Å²) in [6.07, 6.45) is 0. The Morgan fingerprint density at radius 2 is 1.85 bits per heavy atom. The van der Waals surface area contributed by atoms with Gasteiger partial charge in [0.1, 0.15) is 4.88 Å². The third kappa shape index (κ3) is 3.01. The van der Waals surface area contributed by atoms with E-state index in [1.54, 1.807) is 18.5 Å². The molecule has 1 aromatic carbocycles. The minimum atomic E-state index is -3.74. The van der Waals surface area contributed by atoms with E-state index in [-0.39, 0.29) is 10.8 Å². The molecule has 0 unspecified atom stereocenters. The van der Waals surface area contributed by atoms with Crippen molar-refractivity contribution in [2.24, 2.45) is 5.14 Å². The SMILES string of the molecule is CN(C(=O)c1sccc1Cl)c1ccc(S(N)(=O)=O)cc1. The zero-order valence-corrected chi connectivity index (χ0v) is 12.8. The highest BCUT2D eigenvalue weighted by Crippen LogP contribution is 2.25. The lowest BCUT2D eigenvalue weighted by Crippen LogP contribution is -2.25. The lowest BCUT2D eigenvalue weighted by Gasteiger charge is -2.17. The number of carbonyl (C=O) groups excluding carboxylic acids is 1. The number of rotatable bonds is 3. The molecule has 2 N–H and O–H groups in total. The van der Waals surface area contributed by atoms with Crippen molar-refractivity contribution in [3.8, 4) is 0 Å². The van der Waals surface area contributed by atoms with Gasteiger partial charge in [-0.05, 0) is 35.7 Å². The van der Waals surface area contributed by atoms with Gasteiger partial charge < -0.3 is 4.90 Å². The fourth-order valence-corrected chi connectivity index (χ4v) is 3.20. The summed E-state index contributed by atoms with van der Waals surface area (Å²) in [7, 11) is -2.15. The zero-order valence-electron chi connectivity index (χ0n) is 10.4. The third-order valence-electron chi connectivity index (χ3n) is 2.67. The van der Waals surface area contributed by atoms with Crippen LogP contribution in [0, 0.1) is 0 Å². The Balaban J connectivity index is 2.28. The Hall–Kier alpha value is -1.41. The van der Waals surface area contributed by atoms with E-state index in [0.29, 0.717) is 15.6 Å². The van der Waals surface area contributed by atoms with Crippen LogP contribution in [-0.4, -0.2) is 21.4 Å². The average Bonchev–Trinajstić information content (AvgIpc) is 2.82. The van der Waals surface area contributed by atoms with Crippen LogP contribution in [0.1, 0.15) is 9.67 Å². The maximum atomic E-state index is 12.2. The normalized spacial score (nSPS) is 11.3. The number of hydrogen-bond acceptors (Lipinski definition) is 4. The van der Waals surface area contributed by atoms with E-state index in [0.717, 1.165) is 0 Å². The summed E-state index contributed by atoms with van der Waals surface area (Å²) in [6.45, 7) is 0. The standard InChI is InChI=1S/C12H11ClN2O3S2/c1-15(12(16)11-10(13)6-7-19-11)8-2-4-9(5-3-8)20(14,17)18/h2-7H,1H3,(H2,14,17,18). The van der Waals surface area contributed by atoms with Gasteiger partial charge in [-0.1, -0.05) is 11.6 Å². The van der Waals surface area contributed by atoms with E-state index in [1.165, 1.54) is 40.5 Å². The van der Waals surface area contributed by atoms with Crippen molar-refractivity contribution < 1.29 is 13.2 Å². The lowest BCUT2D eigenvalue weighted by atomic mass is 10.3. The molecular weight excluding hydrogens is 320 g/mol. The number of halogens is 1. The molecule has 2 rings (SSSR count). The van der Waals surface area contributed by atoms with Crippen molar-refractivity contribution in [2.45, 2.75) is 4.90 Å². The summed E-state index contributed by atoms with van der Waals surface area (Å²) >= 11 is 7.17. The van der Waals surface area contributed by atoms with Crippen LogP contribution in [0.5, 0.6) is 0 Å². The number of primary sulfonamides is 1. The first-order valence-corrected chi connectivity index (χ1v) is 8.25. The van der Waals surface area contributed by atoms with Gasteiger partial charge in [0.05, 0.1) is 9.92 Å². The summed E-state index contributed by atoms with van der Waals surface area (Å²) < 4.78 is 22.3. The first-order chi connectivity index (χ1) is 9.30. The number of carbonyl (C=O) groups is 1. The van der Waals surface area contributed by atoms with Crippen LogP contribution in [0.15, 0.2) is 40.6 Å². The van der Waals surface area contributed by atoms with Gasteiger partial charge in [0, 0.05) is 12.7 Å². The van der Waals surface area contributed by atoms with Gasteiger partial charge in [-0.2, -0.15) is 0 Å². The zero-order chi connectivity index (χ0) is 14.9. The fraction of sp³-hybridized carbons (Fsp3) is 0.0833. The van der Waals surface area contributed by atoms with E-state index in [1.807, 2.05) is 0 Å². The minimum Gasteiger partial charge on any atom is -0.311 e. The molecule has 0 aliphatic rings. The van der Waals surface area contributed by atoms with Gasteiger partial charge in [-0.25, -0.2) is 13.6 Å². The van der Waals surface area contributed by atoms with Crippen molar-refractivity contribution in [3.05, 3.63) is 45.6 Å². The second kappa shape index (κ2) is 5.53. The Kier molecular flexibility index (Phi) is 4.14. The van der Waals surface area contributed by atoms with Crippen LogP contribution >= 0.6 is 22.9 Å². The summed E-state index contributed by atoms with van der Waals surface area (Å²) in [4.78, 5) is 14.0. The van der Waals surface area contributed by atoms with Crippen molar-refractivity contribution in [3.63, 3.8) is 0 Å². The van der Waals surface area contributed by atoms with Gasteiger partial charge >= 0.3 is 0 Å². The molecule has 1 heterocycles. The number of sulfonamides is 1. The second-order valence-corrected chi connectivity index (χ2v) is 6.89. The van der Waals surface area contributed by atoms with Crippen LogP contribution in [0.25, 0.3) is 0 Å². The van der Waals surface area contributed by atoms with Crippen LogP contribution in [0.4, 0.5) is 5.69 Å². The van der Waals surface area contributed by atoms with Gasteiger partial charge in [-0.3, -0.25) is 4.79 Å². The molecule has 0 saturated carbocycles. The smallest absolute Gasteiger partial charge is 0.269 e. The van der Waals surface area contributed by atoms with E-state index in [9.17, 15) is 13.2 Å². The maximum Gasteiger partial charge on any atom is 0.269 e.